The Labute approximate surface area is 81.3 Å². The second kappa shape index (κ2) is 4.64. The van der Waals surface area contributed by atoms with Gasteiger partial charge in [-0.25, -0.2) is 0 Å². The highest BCUT2D eigenvalue weighted by Crippen LogP contribution is 2.26. The number of rotatable bonds is 3. The van der Waals surface area contributed by atoms with Gasteiger partial charge >= 0.3 is 0 Å². The molecule has 1 amide bonds. The molecule has 1 aliphatic rings. The lowest BCUT2D eigenvalue weighted by atomic mass is 9.91. The lowest BCUT2D eigenvalue weighted by Gasteiger charge is -2.18. The first-order chi connectivity index (χ1) is 6.19. The van der Waals surface area contributed by atoms with Gasteiger partial charge < -0.3 is 4.90 Å². The molecule has 1 saturated heterocycles. The van der Waals surface area contributed by atoms with Crippen molar-refractivity contribution in [1.82, 2.24) is 4.90 Å². The van der Waals surface area contributed by atoms with E-state index in [-0.39, 0.29) is 0 Å². The minimum Gasteiger partial charge on any atom is -0.342 e. The van der Waals surface area contributed by atoms with Gasteiger partial charge in [-0.3, -0.25) is 4.79 Å². The molecule has 76 valence electrons. The van der Waals surface area contributed by atoms with E-state index in [0.29, 0.717) is 12.3 Å². The van der Waals surface area contributed by atoms with Gasteiger partial charge in [0.2, 0.25) is 5.91 Å². The van der Waals surface area contributed by atoms with Crippen LogP contribution in [0.4, 0.5) is 0 Å². The molecule has 2 nitrogen and oxygen atoms in total. The third-order valence-corrected chi connectivity index (χ3v) is 3.33. The molecule has 2 heteroatoms. The first kappa shape index (κ1) is 10.6. The average Bonchev–Trinajstić information content (AvgIpc) is 2.64. The molecule has 2 atom stereocenters. The van der Waals surface area contributed by atoms with E-state index in [2.05, 4.69) is 13.8 Å². The molecule has 0 bridgehead atoms. The summed E-state index contributed by atoms with van der Waals surface area (Å²) in [6.07, 6.45) is 3.10. The second-order valence-electron chi connectivity index (χ2n) is 4.13. The predicted octanol–water partition coefficient (Wildman–Crippen LogP) is 2.29. The summed E-state index contributed by atoms with van der Waals surface area (Å²) in [6.45, 7) is 8.46. The summed E-state index contributed by atoms with van der Waals surface area (Å²) in [5.41, 5.74) is 0. The molecule has 0 radical (unpaired) electrons. The van der Waals surface area contributed by atoms with E-state index in [1.54, 1.807) is 0 Å². The fourth-order valence-corrected chi connectivity index (χ4v) is 2.04. The van der Waals surface area contributed by atoms with Crippen molar-refractivity contribution in [2.75, 3.05) is 13.1 Å². The van der Waals surface area contributed by atoms with Crippen molar-refractivity contribution in [2.45, 2.75) is 40.0 Å². The molecular weight excluding hydrogens is 162 g/mol. The van der Waals surface area contributed by atoms with E-state index in [4.69, 9.17) is 0 Å². The summed E-state index contributed by atoms with van der Waals surface area (Å²) < 4.78 is 0. The van der Waals surface area contributed by atoms with Crippen molar-refractivity contribution >= 4 is 5.91 Å². The van der Waals surface area contributed by atoms with Crippen LogP contribution in [0.2, 0.25) is 0 Å². The monoisotopic (exact) mass is 183 g/mol. The molecule has 0 aliphatic carbocycles. The Morgan fingerprint density at radius 2 is 2.23 bits per heavy atom. The second-order valence-corrected chi connectivity index (χ2v) is 4.13. The van der Waals surface area contributed by atoms with E-state index in [0.717, 1.165) is 24.9 Å². The van der Waals surface area contributed by atoms with Gasteiger partial charge in [-0.05, 0) is 18.3 Å². The van der Waals surface area contributed by atoms with Gasteiger partial charge in [0.15, 0.2) is 0 Å². The van der Waals surface area contributed by atoms with Crippen molar-refractivity contribution in [1.29, 1.82) is 0 Å². The summed E-state index contributed by atoms with van der Waals surface area (Å²) in [7, 11) is 0. The van der Waals surface area contributed by atoms with Crippen molar-refractivity contribution in [2.24, 2.45) is 11.8 Å². The molecule has 0 aromatic carbocycles. The molecule has 1 rings (SSSR count). The quantitative estimate of drug-likeness (QED) is 0.657. The normalized spacial score (nSPS) is 24.8. The molecule has 0 saturated carbocycles. The lowest BCUT2D eigenvalue weighted by molar-refractivity contribution is -0.129. The summed E-state index contributed by atoms with van der Waals surface area (Å²) >= 11 is 0. The molecule has 1 heterocycles. The zero-order valence-corrected chi connectivity index (χ0v) is 9.05. The lowest BCUT2D eigenvalue weighted by Crippen LogP contribution is -2.28. The van der Waals surface area contributed by atoms with E-state index < -0.39 is 0 Å². The zero-order valence-electron chi connectivity index (χ0n) is 9.05. The molecule has 0 spiro atoms. The number of nitrogens with zero attached hydrogens (tertiary/aromatic N) is 1. The number of amides is 1. The van der Waals surface area contributed by atoms with Crippen LogP contribution < -0.4 is 0 Å². The molecule has 13 heavy (non-hydrogen) atoms. The number of carbonyl (C=O) groups is 1. The third-order valence-electron chi connectivity index (χ3n) is 3.33. The smallest absolute Gasteiger partial charge is 0.222 e. The van der Waals surface area contributed by atoms with Gasteiger partial charge in [0.1, 0.15) is 0 Å². The predicted molar refractivity (Wildman–Crippen MR) is 54.4 cm³/mol. The number of carbonyl (C=O) groups excluding carboxylic acids is 1. The van der Waals surface area contributed by atoms with E-state index in [1.807, 2.05) is 11.8 Å². The maximum atomic E-state index is 11.4. The molecule has 2 unspecified atom stereocenters. The van der Waals surface area contributed by atoms with Gasteiger partial charge in [-0.15, -0.1) is 0 Å². The molecule has 0 aromatic rings. The summed E-state index contributed by atoms with van der Waals surface area (Å²) in [6, 6.07) is 0. The molecule has 0 N–H and O–H groups in total. The first-order valence-electron chi connectivity index (χ1n) is 5.46. The Morgan fingerprint density at radius 3 is 2.77 bits per heavy atom. The van der Waals surface area contributed by atoms with Gasteiger partial charge in [0, 0.05) is 19.5 Å². The van der Waals surface area contributed by atoms with Gasteiger partial charge in [0.25, 0.3) is 0 Å². The molecule has 0 aromatic heterocycles. The Morgan fingerprint density at radius 1 is 1.54 bits per heavy atom. The molecule has 1 aliphatic heterocycles. The zero-order chi connectivity index (χ0) is 9.84. The van der Waals surface area contributed by atoms with E-state index in [1.165, 1.54) is 12.8 Å². The van der Waals surface area contributed by atoms with Crippen molar-refractivity contribution in [3.8, 4) is 0 Å². The summed E-state index contributed by atoms with van der Waals surface area (Å²) in [5.74, 6) is 1.85. The molecular formula is C11H21NO. The fourth-order valence-electron chi connectivity index (χ4n) is 2.04. The minimum absolute atomic E-state index is 0.325. The number of hydrogen-bond donors (Lipinski definition) is 0. The maximum absolute atomic E-state index is 11.4. The van der Waals surface area contributed by atoms with Crippen molar-refractivity contribution in [3.05, 3.63) is 0 Å². The van der Waals surface area contributed by atoms with Gasteiger partial charge in [-0.1, -0.05) is 27.2 Å². The Kier molecular flexibility index (Phi) is 3.76. The summed E-state index contributed by atoms with van der Waals surface area (Å²) in [5, 5.41) is 0. The highest BCUT2D eigenvalue weighted by atomic mass is 16.2. The van der Waals surface area contributed by atoms with Gasteiger partial charge in [-0.2, -0.15) is 0 Å². The summed E-state index contributed by atoms with van der Waals surface area (Å²) in [4.78, 5) is 13.4. The van der Waals surface area contributed by atoms with Gasteiger partial charge in [0.05, 0.1) is 0 Å². The van der Waals surface area contributed by atoms with Crippen LogP contribution in [-0.4, -0.2) is 23.9 Å². The Balaban J connectivity index is 2.40. The highest BCUT2D eigenvalue weighted by molar-refractivity contribution is 5.76. The van der Waals surface area contributed by atoms with Crippen molar-refractivity contribution < 1.29 is 4.79 Å². The van der Waals surface area contributed by atoms with Crippen LogP contribution in [0.1, 0.15) is 40.0 Å². The van der Waals surface area contributed by atoms with Crippen LogP contribution in [0.5, 0.6) is 0 Å². The SMILES string of the molecule is CCC(=O)N1CCC(C(C)CC)C1. The van der Waals surface area contributed by atoms with Crippen LogP contribution in [0.15, 0.2) is 0 Å². The van der Waals surface area contributed by atoms with E-state index in [9.17, 15) is 4.79 Å². The first-order valence-corrected chi connectivity index (χ1v) is 5.46. The van der Waals surface area contributed by atoms with Crippen LogP contribution in [0, 0.1) is 11.8 Å². The minimum atomic E-state index is 0.325. The maximum Gasteiger partial charge on any atom is 0.222 e. The Hall–Kier alpha value is -0.530. The highest BCUT2D eigenvalue weighted by Gasteiger charge is 2.27. The van der Waals surface area contributed by atoms with Crippen LogP contribution in [0.3, 0.4) is 0 Å². The van der Waals surface area contributed by atoms with E-state index >= 15 is 0 Å². The third kappa shape index (κ3) is 2.45. The van der Waals surface area contributed by atoms with Crippen LogP contribution in [-0.2, 0) is 4.79 Å². The Bertz CT molecular complexity index is 179. The van der Waals surface area contributed by atoms with Crippen LogP contribution in [0.25, 0.3) is 0 Å². The number of hydrogen-bond acceptors (Lipinski definition) is 1. The fraction of sp³-hybridized carbons (Fsp3) is 0.909. The standard InChI is InChI=1S/C11H21NO/c1-4-9(3)10-6-7-12(8-10)11(13)5-2/h9-10H,4-8H2,1-3H3. The largest absolute Gasteiger partial charge is 0.342 e. The topological polar surface area (TPSA) is 20.3 Å². The van der Waals surface area contributed by atoms with Crippen LogP contribution >= 0.6 is 0 Å². The average molecular weight is 183 g/mol. The van der Waals surface area contributed by atoms with Crippen molar-refractivity contribution in [3.63, 3.8) is 0 Å². The number of likely N-dealkylation sites (tertiary alicyclic amines) is 1. The molecule has 1 fully saturated rings.